The van der Waals surface area contributed by atoms with Crippen LogP contribution in [0, 0.1) is 0 Å². The first-order valence-corrected chi connectivity index (χ1v) is 7.16. The largest absolute Gasteiger partial charge is 0.378 e. The van der Waals surface area contributed by atoms with Crippen molar-refractivity contribution in [3.63, 3.8) is 0 Å². The van der Waals surface area contributed by atoms with Crippen LogP contribution in [0.4, 0.5) is 0 Å². The average Bonchev–Trinajstić information content (AvgIpc) is 2.61. The molecule has 2 fully saturated rings. The Morgan fingerprint density at radius 1 is 1.36 bits per heavy atom. The summed E-state index contributed by atoms with van der Waals surface area (Å²) in [5, 5.41) is 0. The fourth-order valence-electron chi connectivity index (χ4n) is 2.59. The van der Waals surface area contributed by atoms with Crippen LogP contribution in [0.15, 0.2) is 0 Å². The maximum absolute atomic E-state index is 6.18. The molecule has 3 unspecified atom stereocenters. The molecule has 3 heteroatoms. The van der Waals surface area contributed by atoms with E-state index in [9.17, 15) is 0 Å². The molecule has 0 amide bonds. The minimum atomic E-state index is 0.189. The Labute approximate surface area is 99.9 Å². The summed E-state index contributed by atoms with van der Waals surface area (Å²) in [6.07, 6.45) is 6.80. The summed E-state index contributed by atoms with van der Waals surface area (Å²) in [5.41, 5.74) is 0.189. The third kappa shape index (κ3) is 2.25. The molecule has 0 aromatic carbocycles. The molecule has 2 saturated heterocycles. The fraction of sp³-hybridized carbons (Fsp3) is 1.00. The summed E-state index contributed by atoms with van der Waals surface area (Å²) in [4.78, 5) is 0. The van der Waals surface area contributed by atoms with E-state index in [4.69, 9.17) is 9.47 Å². The van der Waals surface area contributed by atoms with Crippen LogP contribution in [-0.2, 0) is 9.47 Å². The molecule has 82 valence electrons. The van der Waals surface area contributed by atoms with Gasteiger partial charge in [-0.1, -0.05) is 29.5 Å². The molecule has 14 heavy (non-hydrogen) atoms. The van der Waals surface area contributed by atoms with E-state index in [2.05, 4.69) is 29.5 Å². The van der Waals surface area contributed by atoms with Gasteiger partial charge >= 0.3 is 0 Å². The number of halogens is 1. The molecule has 2 heterocycles. The summed E-state index contributed by atoms with van der Waals surface area (Å²) < 4.78 is 13.0. The number of hydrogen-bond donors (Lipinski definition) is 0. The molecule has 0 bridgehead atoms. The standard InChI is InChI=1S/C11H19IO2/c1-2-9-7-11(5-6-13-9)4-3-10(8-12)14-11/h9-10H,2-8H2,1H3. The van der Waals surface area contributed by atoms with Crippen LogP contribution in [0.3, 0.4) is 0 Å². The number of hydrogen-bond acceptors (Lipinski definition) is 2. The molecule has 0 aromatic heterocycles. The van der Waals surface area contributed by atoms with Crippen LogP contribution in [-0.4, -0.2) is 28.8 Å². The average molecular weight is 310 g/mol. The molecule has 0 aromatic rings. The van der Waals surface area contributed by atoms with E-state index in [0.717, 1.165) is 30.3 Å². The fourth-order valence-corrected chi connectivity index (χ4v) is 3.21. The van der Waals surface area contributed by atoms with Crippen molar-refractivity contribution < 1.29 is 9.47 Å². The van der Waals surface area contributed by atoms with Crippen LogP contribution >= 0.6 is 22.6 Å². The Balaban J connectivity index is 1.95. The molecular weight excluding hydrogens is 291 g/mol. The first kappa shape index (κ1) is 11.1. The van der Waals surface area contributed by atoms with Gasteiger partial charge in [0.25, 0.3) is 0 Å². The van der Waals surface area contributed by atoms with E-state index in [1.807, 2.05) is 0 Å². The molecular formula is C11H19IO2. The van der Waals surface area contributed by atoms with E-state index in [1.165, 1.54) is 12.8 Å². The van der Waals surface area contributed by atoms with Gasteiger partial charge in [0.05, 0.1) is 17.8 Å². The van der Waals surface area contributed by atoms with Crippen molar-refractivity contribution in [2.45, 2.75) is 56.8 Å². The second-order valence-electron chi connectivity index (χ2n) is 4.47. The highest BCUT2D eigenvalue weighted by molar-refractivity contribution is 14.1. The summed E-state index contributed by atoms with van der Waals surface area (Å²) >= 11 is 2.43. The lowest BCUT2D eigenvalue weighted by molar-refractivity contribution is -0.127. The first-order valence-electron chi connectivity index (χ1n) is 5.63. The highest BCUT2D eigenvalue weighted by atomic mass is 127. The van der Waals surface area contributed by atoms with E-state index in [1.54, 1.807) is 0 Å². The highest BCUT2D eigenvalue weighted by Gasteiger charge is 2.43. The number of alkyl halides is 1. The van der Waals surface area contributed by atoms with Gasteiger partial charge in [-0.25, -0.2) is 0 Å². The van der Waals surface area contributed by atoms with Crippen LogP contribution < -0.4 is 0 Å². The first-order chi connectivity index (χ1) is 6.78. The number of ether oxygens (including phenoxy) is 2. The van der Waals surface area contributed by atoms with Crippen molar-refractivity contribution in [2.75, 3.05) is 11.0 Å². The molecule has 3 atom stereocenters. The molecule has 0 N–H and O–H groups in total. The summed E-state index contributed by atoms with van der Waals surface area (Å²) in [7, 11) is 0. The van der Waals surface area contributed by atoms with Gasteiger partial charge in [0, 0.05) is 17.5 Å². The molecule has 2 rings (SSSR count). The van der Waals surface area contributed by atoms with E-state index in [0.29, 0.717) is 12.2 Å². The van der Waals surface area contributed by atoms with Crippen molar-refractivity contribution in [3.05, 3.63) is 0 Å². The molecule has 0 saturated carbocycles. The van der Waals surface area contributed by atoms with Gasteiger partial charge in [-0.2, -0.15) is 0 Å². The normalized spacial score (nSPS) is 43.3. The summed E-state index contributed by atoms with van der Waals surface area (Å²) in [6, 6.07) is 0. The topological polar surface area (TPSA) is 18.5 Å². The Hall–Kier alpha value is 0.650. The number of rotatable bonds is 2. The molecule has 2 aliphatic rings. The van der Waals surface area contributed by atoms with E-state index >= 15 is 0 Å². The van der Waals surface area contributed by atoms with Crippen LogP contribution in [0.25, 0.3) is 0 Å². The highest BCUT2D eigenvalue weighted by Crippen LogP contribution is 2.41. The molecule has 2 aliphatic heterocycles. The smallest absolute Gasteiger partial charge is 0.0734 e. The maximum atomic E-state index is 6.18. The zero-order valence-electron chi connectivity index (χ0n) is 8.80. The predicted octanol–water partition coefficient (Wildman–Crippen LogP) is 2.93. The van der Waals surface area contributed by atoms with Crippen molar-refractivity contribution in [1.29, 1.82) is 0 Å². The van der Waals surface area contributed by atoms with E-state index < -0.39 is 0 Å². The SMILES string of the molecule is CCC1CC2(CCO1)CCC(CI)O2. The molecule has 0 radical (unpaired) electrons. The zero-order valence-corrected chi connectivity index (χ0v) is 11.0. The molecule has 2 nitrogen and oxygen atoms in total. The monoisotopic (exact) mass is 310 g/mol. The van der Waals surface area contributed by atoms with Crippen LogP contribution in [0.2, 0.25) is 0 Å². The third-order valence-electron chi connectivity index (χ3n) is 3.48. The summed E-state index contributed by atoms with van der Waals surface area (Å²) in [6.45, 7) is 3.10. The van der Waals surface area contributed by atoms with Crippen molar-refractivity contribution in [1.82, 2.24) is 0 Å². The second kappa shape index (κ2) is 4.66. The lowest BCUT2D eigenvalue weighted by atomic mass is 9.87. The van der Waals surface area contributed by atoms with Crippen molar-refractivity contribution >= 4 is 22.6 Å². The van der Waals surface area contributed by atoms with Crippen molar-refractivity contribution in [3.8, 4) is 0 Å². The van der Waals surface area contributed by atoms with Gasteiger partial charge in [0.15, 0.2) is 0 Å². The van der Waals surface area contributed by atoms with E-state index in [-0.39, 0.29) is 5.60 Å². The van der Waals surface area contributed by atoms with Gasteiger partial charge in [-0.3, -0.25) is 0 Å². The van der Waals surface area contributed by atoms with Gasteiger partial charge < -0.3 is 9.47 Å². The lowest BCUT2D eigenvalue weighted by Crippen LogP contribution is -2.40. The minimum absolute atomic E-state index is 0.189. The zero-order chi connectivity index (χ0) is 10.0. The van der Waals surface area contributed by atoms with Gasteiger partial charge in [-0.15, -0.1) is 0 Å². The van der Waals surface area contributed by atoms with Gasteiger partial charge in [0.1, 0.15) is 0 Å². The molecule has 1 spiro atoms. The lowest BCUT2D eigenvalue weighted by Gasteiger charge is -2.37. The maximum Gasteiger partial charge on any atom is 0.0734 e. The summed E-state index contributed by atoms with van der Waals surface area (Å²) in [5.74, 6) is 0. The Morgan fingerprint density at radius 2 is 2.21 bits per heavy atom. The second-order valence-corrected chi connectivity index (χ2v) is 5.35. The Kier molecular flexibility index (Phi) is 3.71. The van der Waals surface area contributed by atoms with Crippen LogP contribution in [0.5, 0.6) is 0 Å². The predicted molar refractivity (Wildman–Crippen MR) is 65.0 cm³/mol. The Bertz CT molecular complexity index is 198. The third-order valence-corrected chi connectivity index (χ3v) is 4.46. The van der Waals surface area contributed by atoms with Gasteiger partial charge in [-0.05, 0) is 25.7 Å². The van der Waals surface area contributed by atoms with Crippen molar-refractivity contribution in [2.24, 2.45) is 0 Å². The van der Waals surface area contributed by atoms with Gasteiger partial charge in [0.2, 0.25) is 0 Å². The Morgan fingerprint density at radius 3 is 2.86 bits per heavy atom. The molecule has 0 aliphatic carbocycles. The minimum Gasteiger partial charge on any atom is -0.378 e. The van der Waals surface area contributed by atoms with Crippen LogP contribution in [0.1, 0.15) is 39.0 Å². The quantitative estimate of drug-likeness (QED) is 0.577.